The van der Waals surface area contributed by atoms with Gasteiger partial charge in [-0.1, -0.05) is 11.8 Å². The largest absolute Gasteiger partial charge is 0.493 e. The first-order valence-corrected chi connectivity index (χ1v) is 8.30. The predicted octanol–water partition coefficient (Wildman–Crippen LogP) is 1.99. The number of nitrogens with two attached hydrogens (primary N) is 1. The summed E-state index contributed by atoms with van der Waals surface area (Å²) in [6.45, 7) is 0. The second-order valence-corrected chi connectivity index (χ2v) is 6.35. The minimum absolute atomic E-state index is 0.167. The van der Waals surface area contributed by atoms with Gasteiger partial charge in [-0.3, -0.25) is 9.59 Å². The maximum atomic E-state index is 12.0. The van der Waals surface area contributed by atoms with Crippen LogP contribution in [0.2, 0.25) is 0 Å². The number of nitrogens with zero attached hydrogens (tertiary/aromatic N) is 1. The van der Waals surface area contributed by atoms with Gasteiger partial charge in [0, 0.05) is 17.1 Å². The Kier molecular flexibility index (Phi) is 5.83. The van der Waals surface area contributed by atoms with Crippen LogP contribution in [-0.4, -0.2) is 36.8 Å². The van der Waals surface area contributed by atoms with Gasteiger partial charge in [-0.15, -0.1) is 11.3 Å². The molecular formula is C14H15N3O4S2. The van der Waals surface area contributed by atoms with Crippen LogP contribution in [0.15, 0.2) is 27.9 Å². The molecule has 1 aromatic heterocycles. The van der Waals surface area contributed by atoms with Crippen LogP contribution in [-0.2, 0) is 4.79 Å². The van der Waals surface area contributed by atoms with Gasteiger partial charge in [0.15, 0.2) is 15.8 Å². The number of amides is 2. The summed E-state index contributed by atoms with van der Waals surface area (Å²) in [6, 6.07) is 5.11. The monoisotopic (exact) mass is 353 g/mol. The Morgan fingerprint density at radius 3 is 2.65 bits per heavy atom. The van der Waals surface area contributed by atoms with E-state index >= 15 is 0 Å². The Morgan fingerprint density at radius 2 is 2.04 bits per heavy atom. The number of hydrogen-bond donors (Lipinski definition) is 2. The van der Waals surface area contributed by atoms with Gasteiger partial charge < -0.3 is 20.5 Å². The van der Waals surface area contributed by atoms with Crippen molar-refractivity contribution in [3.63, 3.8) is 0 Å². The fourth-order valence-electron chi connectivity index (χ4n) is 1.68. The highest BCUT2D eigenvalue weighted by Gasteiger charge is 2.11. The Labute approximate surface area is 141 Å². The first kappa shape index (κ1) is 17.1. The average molecular weight is 353 g/mol. The number of nitrogens with one attached hydrogen (secondary N) is 1. The van der Waals surface area contributed by atoms with E-state index in [-0.39, 0.29) is 17.4 Å². The van der Waals surface area contributed by atoms with Crippen LogP contribution in [0, 0.1) is 0 Å². The van der Waals surface area contributed by atoms with Crippen molar-refractivity contribution in [3.8, 4) is 11.5 Å². The highest BCUT2D eigenvalue weighted by molar-refractivity contribution is 8.01. The molecule has 0 saturated carbocycles. The normalized spacial score (nSPS) is 10.2. The number of anilines is 1. The molecule has 2 aromatic rings. The van der Waals surface area contributed by atoms with E-state index in [1.807, 2.05) is 0 Å². The van der Waals surface area contributed by atoms with Crippen molar-refractivity contribution in [1.29, 1.82) is 0 Å². The number of aromatic nitrogens is 1. The molecule has 23 heavy (non-hydrogen) atoms. The minimum Gasteiger partial charge on any atom is -0.493 e. The van der Waals surface area contributed by atoms with Gasteiger partial charge in [0.2, 0.25) is 5.91 Å². The number of thiazole rings is 1. The molecule has 1 heterocycles. The lowest BCUT2D eigenvalue weighted by atomic mass is 10.2. The number of carbonyl (C=O) groups excluding carboxylic acids is 2. The van der Waals surface area contributed by atoms with E-state index in [9.17, 15) is 9.59 Å². The molecule has 0 unspecified atom stereocenters. The van der Waals surface area contributed by atoms with Gasteiger partial charge in [-0.2, -0.15) is 0 Å². The summed E-state index contributed by atoms with van der Waals surface area (Å²) < 4.78 is 10.9. The molecule has 7 nitrogen and oxygen atoms in total. The van der Waals surface area contributed by atoms with Gasteiger partial charge in [0.1, 0.15) is 5.69 Å². The lowest BCUT2D eigenvalue weighted by Gasteiger charge is -2.10. The van der Waals surface area contributed by atoms with Crippen LogP contribution in [0.4, 0.5) is 5.69 Å². The molecule has 0 aliphatic rings. The first-order chi connectivity index (χ1) is 11.0. The van der Waals surface area contributed by atoms with Gasteiger partial charge in [-0.05, 0) is 12.1 Å². The topological polar surface area (TPSA) is 104 Å². The van der Waals surface area contributed by atoms with Crippen LogP contribution in [0.3, 0.4) is 0 Å². The van der Waals surface area contributed by atoms with Gasteiger partial charge in [0.05, 0.1) is 20.0 Å². The van der Waals surface area contributed by atoms with Gasteiger partial charge in [-0.25, -0.2) is 4.98 Å². The molecule has 0 spiro atoms. The molecule has 0 radical (unpaired) electrons. The van der Waals surface area contributed by atoms with Crippen LogP contribution in [0.25, 0.3) is 0 Å². The summed E-state index contributed by atoms with van der Waals surface area (Å²) in [6.07, 6.45) is 0. The lowest BCUT2D eigenvalue weighted by molar-refractivity contribution is -0.113. The molecule has 2 rings (SSSR count). The smallest absolute Gasteiger partial charge is 0.268 e. The van der Waals surface area contributed by atoms with Crippen molar-refractivity contribution in [3.05, 3.63) is 29.3 Å². The standard InChI is InChI=1S/C14H15N3O4S2/c1-20-10-4-3-8(5-11(10)21-2)16-12(18)7-23-14-17-9(6-22-14)13(15)19/h3-6H,7H2,1-2H3,(H2,15,19)(H,16,18). The van der Waals surface area contributed by atoms with Crippen molar-refractivity contribution in [2.24, 2.45) is 5.73 Å². The van der Waals surface area contributed by atoms with E-state index in [0.717, 1.165) is 0 Å². The Balaban J connectivity index is 1.92. The van der Waals surface area contributed by atoms with Gasteiger partial charge >= 0.3 is 0 Å². The summed E-state index contributed by atoms with van der Waals surface area (Å²) in [5.74, 6) is 0.506. The number of methoxy groups -OCH3 is 2. The fourth-order valence-corrected chi connectivity index (χ4v) is 3.29. The van der Waals surface area contributed by atoms with Crippen LogP contribution < -0.4 is 20.5 Å². The molecule has 0 fully saturated rings. The molecule has 2 amide bonds. The third-order valence-electron chi connectivity index (χ3n) is 2.73. The number of thioether (sulfide) groups is 1. The number of primary amides is 1. The number of benzene rings is 1. The molecular weight excluding hydrogens is 338 g/mol. The first-order valence-electron chi connectivity index (χ1n) is 6.43. The zero-order valence-corrected chi connectivity index (χ0v) is 14.1. The SMILES string of the molecule is COc1ccc(NC(=O)CSc2nc(C(N)=O)cs2)cc1OC. The highest BCUT2D eigenvalue weighted by atomic mass is 32.2. The summed E-state index contributed by atoms with van der Waals surface area (Å²) in [7, 11) is 3.07. The lowest BCUT2D eigenvalue weighted by Crippen LogP contribution is -2.14. The van der Waals surface area contributed by atoms with Crippen LogP contribution >= 0.6 is 23.1 Å². The zero-order valence-electron chi connectivity index (χ0n) is 12.5. The Bertz CT molecular complexity index is 718. The number of ether oxygens (including phenoxy) is 2. The van der Waals surface area contributed by atoms with Crippen LogP contribution in [0.1, 0.15) is 10.5 Å². The number of rotatable bonds is 7. The third-order valence-corrected chi connectivity index (χ3v) is 4.75. The Hall–Kier alpha value is -2.26. The molecule has 3 N–H and O–H groups in total. The molecule has 0 bridgehead atoms. The maximum absolute atomic E-state index is 12.0. The van der Waals surface area contributed by atoms with Gasteiger partial charge in [0.25, 0.3) is 5.91 Å². The summed E-state index contributed by atoms with van der Waals surface area (Å²) in [5.41, 5.74) is 5.94. The van der Waals surface area contributed by atoms with Crippen molar-refractivity contribution >= 4 is 40.6 Å². The summed E-state index contributed by atoms with van der Waals surface area (Å²) in [5, 5.41) is 4.32. The minimum atomic E-state index is -0.581. The van der Waals surface area contributed by atoms with Crippen molar-refractivity contribution in [1.82, 2.24) is 4.98 Å². The van der Waals surface area contributed by atoms with Crippen molar-refractivity contribution < 1.29 is 19.1 Å². The molecule has 9 heteroatoms. The fraction of sp³-hybridized carbons (Fsp3) is 0.214. The quantitative estimate of drug-likeness (QED) is 0.738. The second-order valence-electron chi connectivity index (χ2n) is 4.27. The molecule has 1 aromatic carbocycles. The molecule has 0 aliphatic carbocycles. The van der Waals surface area contributed by atoms with Crippen molar-refractivity contribution in [2.75, 3.05) is 25.3 Å². The Morgan fingerprint density at radius 1 is 1.30 bits per heavy atom. The van der Waals surface area contributed by atoms with Crippen LogP contribution in [0.5, 0.6) is 11.5 Å². The summed E-state index contributed by atoms with van der Waals surface area (Å²) >= 11 is 2.51. The van der Waals surface area contributed by atoms with E-state index in [2.05, 4.69) is 10.3 Å². The molecule has 122 valence electrons. The number of carbonyl (C=O) groups is 2. The zero-order chi connectivity index (χ0) is 16.8. The summed E-state index contributed by atoms with van der Waals surface area (Å²) in [4.78, 5) is 27.0. The second kappa shape index (κ2) is 7.84. The molecule has 0 saturated heterocycles. The van der Waals surface area contributed by atoms with E-state index in [1.165, 1.54) is 30.2 Å². The predicted molar refractivity (Wildman–Crippen MR) is 89.5 cm³/mol. The van der Waals surface area contributed by atoms with E-state index < -0.39 is 5.91 Å². The van der Waals surface area contributed by atoms with Crippen molar-refractivity contribution in [2.45, 2.75) is 4.34 Å². The molecule has 0 atom stereocenters. The maximum Gasteiger partial charge on any atom is 0.268 e. The van der Waals surface area contributed by atoms with E-state index in [0.29, 0.717) is 21.5 Å². The van der Waals surface area contributed by atoms with E-state index in [1.54, 1.807) is 30.7 Å². The third kappa shape index (κ3) is 4.60. The average Bonchev–Trinajstić information content (AvgIpc) is 3.02. The van der Waals surface area contributed by atoms with E-state index in [4.69, 9.17) is 15.2 Å². The molecule has 0 aliphatic heterocycles. The highest BCUT2D eigenvalue weighted by Crippen LogP contribution is 2.30. The number of hydrogen-bond acceptors (Lipinski definition) is 7.